The minimum absolute atomic E-state index is 0.664. The Morgan fingerprint density at radius 1 is 1.44 bits per heavy atom. The van der Waals surface area contributed by atoms with Gasteiger partial charge < -0.3 is 15.0 Å². The van der Waals surface area contributed by atoms with Crippen molar-refractivity contribution in [1.82, 2.24) is 9.97 Å². The molecule has 5 heteroatoms. The molecule has 0 aromatic carbocycles. The predicted molar refractivity (Wildman–Crippen MR) is 63.8 cm³/mol. The Bertz CT molecular complexity index is 326. The average Bonchev–Trinajstić information content (AvgIpc) is 2.83. The van der Waals surface area contributed by atoms with Gasteiger partial charge in [-0.15, -0.1) is 0 Å². The van der Waals surface area contributed by atoms with Crippen LogP contribution in [0.25, 0.3) is 0 Å². The topological polar surface area (TPSA) is 50.3 Å². The lowest BCUT2D eigenvalue weighted by atomic mass is 10.4. The van der Waals surface area contributed by atoms with E-state index in [0.717, 1.165) is 25.5 Å². The monoisotopic (exact) mass is 222 g/mol. The Hall–Kier alpha value is -1.36. The molecule has 0 saturated carbocycles. The number of methoxy groups -OCH3 is 1. The molecule has 1 fully saturated rings. The van der Waals surface area contributed by atoms with Crippen molar-refractivity contribution in [3.63, 3.8) is 0 Å². The highest BCUT2D eigenvalue weighted by Gasteiger charge is 2.13. The molecule has 0 aliphatic carbocycles. The van der Waals surface area contributed by atoms with E-state index in [0.29, 0.717) is 12.6 Å². The summed E-state index contributed by atoms with van der Waals surface area (Å²) in [5, 5.41) is 3.14. The molecule has 1 N–H and O–H groups in total. The summed E-state index contributed by atoms with van der Waals surface area (Å²) in [5.41, 5.74) is 0. The zero-order valence-electron chi connectivity index (χ0n) is 9.65. The Morgan fingerprint density at radius 3 is 3.00 bits per heavy atom. The van der Waals surface area contributed by atoms with Gasteiger partial charge in [0, 0.05) is 32.9 Å². The third kappa shape index (κ3) is 2.82. The van der Waals surface area contributed by atoms with E-state index < -0.39 is 0 Å². The predicted octanol–water partition coefficient (Wildman–Crippen LogP) is 1.14. The highest BCUT2D eigenvalue weighted by molar-refractivity contribution is 5.43. The molecule has 1 saturated heterocycles. The standard InChI is InChI=1S/C11H18N4O/c1-16-9-6-13-11-12-5-4-10(14-11)15-7-2-3-8-15/h4-5H,2-3,6-9H2,1H3,(H,12,13,14). The van der Waals surface area contributed by atoms with Crippen LogP contribution in [0.5, 0.6) is 0 Å². The van der Waals surface area contributed by atoms with Crippen molar-refractivity contribution in [2.45, 2.75) is 12.8 Å². The third-order valence-electron chi connectivity index (χ3n) is 2.66. The number of nitrogens with zero attached hydrogens (tertiary/aromatic N) is 3. The molecule has 0 spiro atoms. The summed E-state index contributed by atoms with van der Waals surface area (Å²) in [7, 11) is 1.68. The van der Waals surface area contributed by atoms with Gasteiger partial charge in [-0.2, -0.15) is 4.98 Å². The summed E-state index contributed by atoms with van der Waals surface area (Å²) in [6, 6.07) is 1.97. The zero-order valence-corrected chi connectivity index (χ0v) is 9.65. The number of rotatable bonds is 5. The van der Waals surface area contributed by atoms with Gasteiger partial charge in [-0.05, 0) is 18.9 Å². The third-order valence-corrected chi connectivity index (χ3v) is 2.66. The van der Waals surface area contributed by atoms with Gasteiger partial charge in [-0.1, -0.05) is 0 Å². The van der Waals surface area contributed by atoms with E-state index in [9.17, 15) is 0 Å². The normalized spacial score (nSPS) is 15.4. The van der Waals surface area contributed by atoms with Crippen LogP contribution in [-0.2, 0) is 4.74 Å². The van der Waals surface area contributed by atoms with E-state index in [2.05, 4.69) is 20.2 Å². The summed E-state index contributed by atoms with van der Waals surface area (Å²) in [4.78, 5) is 10.9. The Morgan fingerprint density at radius 2 is 2.25 bits per heavy atom. The summed E-state index contributed by atoms with van der Waals surface area (Å²) in [6.45, 7) is 3.61. The fourth-order valence-corrected chi connectivity index (χ4v) is 1.82. The minimum atomic E-state index is 0.664. The minimum Gasteiger partial charge on any atom is -0.383 e. The van der Waals surface area contributed by atoms with Crippen molar-refractivity contribution in [2.24, 2.45) is 0 Å². The van der Waals surface area contributed by atoms with Gasteiger partial charge in [0.05, 0.1) is 6.61 Å². The van der Waals surface area contributed by atoms with Crippen LogP contribution in [0.15, 0.2) is 12.3 Å². The molecule has 0 amide bonds. The van der Waals surface area contributed by atoms with Gasteiger partial charge in [-0.3, -0.25) is 0 Å². The lowest BCUT2D eigenvalue weighted by Gasteiger charge is -2.16. The number of nitrogens with one attached hydrogen (secondary N) is 1. The quantitative estimate of drug-likeness (QED) is 0.757. The summed E-state index contributed by atoms with van der Waals surface area (Å²) in [5.74, 6) is 1.70. The lowest BCUT2D eigenvalue weighted by molar-refractivity contribution is 0.210. The smallest absolute Gasteiger partial charge is 0.224 e. The van der Waals surface area contributed by atoms with Gasteiger partial charge in [0.1, 0.15) is 5.82 Å². The molecule has 1 aromatic rings. The summed E-state index contributed by atoms with van der Waals surface area (Å²) < 4.78 is 4.97. The highest BCUT2D eigenvalue weighted by atomic mass is 16.5. The van der Waals surface area contributed by atoms with E-state index in [1.165, 1.54) is 12.8 Å². The van der Waals surface area contributed by atoms with Crippen LogP contribution in [0.4, 0.5) is 11.8 Å². The molecule has 1 aromatic heterocycles. The van der Waals surface area contributed by atoms with Gasteiger partial charge in [0.2, 0.25) is 5.95 Å². The number of aromatic nitrogens is 2. The molecule has 16 heavy (non-hydrogen) atoms. The molecule has 0 radical (unpaired) electrons. The first-order valence-electron chi connectivity index (χ1n) is 5.71. The fraction of sp³-hybridized carbons (Fsp3) is 0.636. The van der Waals surface area contributed by atoms with Crippen LogP contribution in [0.1, 0.15) is 12.8 Å². The van der Waals surface area contributed by atoms with E-state index in [1.807, 2.05) is 6.07 Å². The van der Waals surface area contributed by atoms with Crippen LogP contribution >= 0.6 is 0 Å². The second-order valence-corrected chi connectivity index (χ2v) is 3.85. The van der Waals surface area contributed by atoms with Crippen molar-refractivity contribution in [3.05, 3.63) is 12.3 Å². The second kappa shape index (κ2) is 5.65. The maximum atomic E-state index is 4.97. The molecule has 2 heterocycles. The molecular weight excluding hydrogens is 204 g/mol. The largest absolute Gasteiger partial charge is 0.383 e. The lowest BCUT2D eigenvalue weighted by Crippen LogP contribution is -2.20. The SMILES string of the molecule is COCCNc1nccc(N2CCCC2)n1. The molecule has 1 aliphatic heterocycles. The van der Waals surface area contributed by atoms with Gasteiger partial charge >= 0.3 is 0 Å². The highest BCUT2D eigenvalue weighted by Crippen LogP contribution is 2.17. The van der Waals surface area contributed by atoms with Crippen molar-refractivity contribution < 1.29 is 4.74 Å². The van der Waals surface area contributed by atoms with Crippen LogP contribution in [0.2, 0.25) is 0 Å². The van der Waals surface area contributed by atoms with Crippen molar-refractivity contribution >= 4 is 11.8 Å². The van der Waals surface area contributed by atoms with Crippen LogP contribution in [0.3, 0.4) is 0 Å². The number of ether oxygens (including phenoxy) is 1. The first-order chi connectivity index (χ1) is 7.90. The molecular formula is C11H18N4O. The van der Waals surface area contributed by atoms with Crippen LogP contribution in [0, 0.1) is 0 Å². The first kappa shape index (κ1) is 11.1. The summed E-state index contributed by atoms with van der Waals surface area (Å²) >= 11 is 0. The number of anilines is 2. The van der Waals surface area contributed by atoms with Crippen LogP contribution in [-0.4, -0.2) is 43.3 Å². The van der Waals surface area contributed by atoms with Crippen molar-refractivity contribution in [1.29, 1.82) is 0 Å². The van der Waals surface area contributed by atoms with E-state index >= 15 is 0 Å². The average molecular weight is 222 g/mol. The zero-order chi connectivity index (χ0) is 11.2. The Labute approximate surface area is 95.8 Å². The van der Waals surface area contributed by atoms with Gasteiger partial charge in [0.25, 0.3) is 0 Å². The van der Waals surface area contributed by atoms with E-state index in [4.69, 9.17) is 4.74 Å². The molecule has 88 valence electrons. The maximum Gasteiger partial charge on any atom is 0.224 e. The number of hydrogen-bond acceptors (Lipinski definition) is 5. The molecule has 0 unspecified atom stereocenters. The fourth-order valence-electron chi connectivity index (χ4n) is 1.82. The van der Waals surface area contributed by atoms with Crippen LogP contribution < -0.4 is 10.2 Å². The van der Waals surface area contributed by atoms with Gasteiger partial charge in [0.15, 0.2) is 0 Å². The van der Waals surface area contributed by atoms with E-state index in [1.54, 1.807) is 13.3 Å². The molecule has 0 atom stereocenters. The Kier molecular flexibility index (Phi) is 3.93. The molecule has 2 rings (SSSR count). The number of hydrogen-bond donors (Lipinski definition) is 1. The summed E-state index contributed by atoms with van der Waals surface area (Å²) in [6.07, 6.45) is 4.32. The maximum absolute atomic E-state index is 4.97. The molecule has 5 nitrogen and oxygen atoms in total. The van der Waals surface area contributed by atoms with Crippen molar-refractivity contribution in [3.8, 4) is 0 Å². The van der Waals surface area contributed by atoms with E-state index in [-0.39, 0.29) is 0 Å². The molecule has 1 aliphatic rings. The molecule has 0 bridgehead atoms. The van der Waals surface area contributed by atoms with Crippen molar-refractivity contribution in [2.75, 3.05) is 43.6 Å². The Balaban J connectivity index is 1.95. The second-order valence-electron chi connectivity index (χ2n) is 3.85. The first-order valence-corrected chi connectivity index (χ1v) is 5.71. The van der Waals surface area contributed by atoms with Gasteiger partial charge in [-0.25, -0.2) is 4.98 Å².